The van der Waals surface area contributed by atoms with Gasteiger partial charge in [0.15, 0.2) is 0 Å². The molecule has 0 bridgehead atoms. The average molecular weight is 273 g/mol. The molecule has 0 saturated heterocycles. The molecule has 0 unspecified atom stereocenters. The Morgan fingerprint density at radius 1 is 1.39 bits per heavy atom. The summed E-state index contributed by atoms with van der Waals surface area (Å²) < 4.78 is 25.3. The van der Waals surface area contributed by atoms with E-state index < -0.39 is 12.5 Å². The van der Waals surface area contributed by atoms with Crippen molar-refractivity contribution in [2.24, 2.45) is 0 Å². The van der Waals surface area contributed by atoms with Crippen LogP contribution in [0.4, 0.5) is 14.6 Å². The minimum Gasteiger partial charge on any atom is -0.305 e. The van der Waals surface area contributed by atoms with Gasteiger partial charge < -0.3 is 5.32 Å². The van der Waals surface area contributed by atoms with Crippen molar-refractivity contribution in [2.75, 3.05) is 5.32 Å². The number of hydrogen-bond acceptors (Lipinski definition) is 3. The molecule has 2 aromatic rings. The Balaban J connectivity index is 2.17. The second kappa shape index (κ2) is 5.09. The minimum atomic E-state index is -2.88. The van der Waals surface area contributed by atoms with E-state index in [0.29, 0.717) is 9.70 Å². The number of nitrogens with zero attached hydrogens (tertiary/aromatic N) is 3. The Morgan fingerprint density at radius 3 is 2.78 bits per heavy atom. The molecule has 0 atom stereocenters. The van der Waals surface area contributed by atoms with Crippen LogP contribution in [0.15, 0.2) is 30.6 Å². The first kappa shape index (κ1) is 12.4. The highest BCUT2D eigenvalue weighted by Gasteiger charge is 2.18. The fourth-order valence-corrected chi connectivity index (χ4v) is 1.39. The maximum Gasteiger partial charge on any atom is 0.333 e. The molecule has 2 aromatic heterocycles. The van der Waals surface area contributed by atoms with Crippen LogP contribution < -0.4 is 5.32 Å². The number of nitrogens with one attached hydrogen (secondary N) is 1. The molecule has 0 aliphatic heterocycles. The lowest BCUT2D eigenvalue weighted by molar-refractivity contribution is 0.0520. The van der Waals surface area contributed by atoms with Gasteiger partial charge in [-0.05, 0) is 18.2 Å². The molecule has 0 aliphatic carbocycles. The first-order chi connectivity index (χ1) is 8.58. The van der Waals surface area contributed by atoms with Gasteiger partial charge in [0, 0.05) is 12.4 Å². The van der Waals surface area contributed by atoms with E-state index in [2.05, 4.69) is 15.4 Å². The summed E-state index contributed by atoms with van der Waals surface area (Å²) in [7, 11) is 0. The predicted octanol–water partition coefficient (Wildman–Crippen LogP) is 2.58. The molecule has 0 spiro atoms. The first-order valence-electron chi connectivity index (χ1n) is 4.82. The third-order valence-electron chi connectivity index (χ3n) is 2.06. The second-order valence-corrected chi connectivity index (χ2v) is 3.69. The maximum absolute atomic E-state index is 12.5. The number of amides is 1. The summed E-state index contributed by atoms with van der Waals surface area (Å²) in [5.41, 5.74) is -0.248. The fourth-order valence-electron chi connectivity index (χ4n) is 1.28. The van der Waals surface area contributed by atoms with E-state index in [9.17, 15) is 13.6 Å². The lowest BCUT2D eigenvalue weighted by atomic mass is 10.4. The zero-order valence-corrected chi connectivity index (χ0v) is 9.60. The third kappa shape index (κ3) is 2.62. The molecule has 2 rings (SSSR count). The van der Waals surface area contributed by atoms with Gasteiger partial charge in [-0.2, -0.15) is 18.6 Å². The molecule has 0 fully saturated rings. The van der Waals surface area contributed by atoms with Crippen molar-refractivity contribution in [1.82, 2.24) is 14.8 Å². The third-order valence-corrected chi connectivity index (χ3v) is 2.28. The molecule has 0 aliphatic rings. The molecule has 1 amide bonds. The Morgan fingerprint density at radius 2 is 2.17 bits per heavy atom. The molecule has 0 radical (unpaired) electrons. The van der Waals surface area contributed by atoms with E-state index in [4.69, 9.17) is 11.6 Å². The number of carbonyl (C=O) groups is 1. The van der Waals surface area contributed by atoms with Gasteiger partial charge in [-0.1, -0.05) is 11.6 Å². The summed E-state index contributed by atoms with van der Waals surface area (Å²) in [6.45, 7) is -2.88. The SMILES string of the molecule is O=C(Nc1ccc(Cl)cn1)c1ccnn1C(F)F. The number of carbonyl (C=O) groups excluding carboxylic acids is 1. The maximum atomic E-state index is 12.5. The molecular formula is C10H7ClF2N4O. The number of alkyl halides is 2. The van der Waals surface area contributed by atoms with Gasteiger partial charge in [-0.25, -0.2) is 4.98 Å². The van der Waals surface area contributed by atoms with Gasteiger partial charge in [-0.3, -0.25) is 4.79 Å². The number of hydrogen-bond donors (Lipinski definition) is 1. The highest BCUT2D eigenvalue weighted by molar-refractivity contribution is 6.30. The van der Waals surface area contributed by atoms with E-state index >= 15 is 0 Å². The molecule has 1 N–H and O–H groups in total. The van der Waals surface area contributed by atoms with Crippen molar-refractivity contribution in [3.8, 4) is 0 Å². The van der Waals surface area contributed by atoms with Crippen LogP contribution in [-0.2, 0) is 0 Å². The number of halogens is 3. The van der Waals surface area contributed by atoms with Crippen LogP contribution in [0.5, 0.6) is 0 Å². The van der Waals surface area contributed by atoms with Crippen molar-refractivity contribution < 1.29 is 13.6 Å². The molecular weight excluding hydrogens is 266 g/mol. The van der Waals surface area contributed by atoms with Gasteiger partial charge in [0.1, 0.15) is 11.5 Å². The van der Waals surface area contributed by atoms with E-state index in [1.807, 2.05) is 0 Å². The van der Waals surface area contributed by atoms with E-state index in [0.717, 1.165) is 6.20 Å². The number of anilines is 1. The van der Waals surface area contributed by atoms with Crippen LogP contribution in [0.2, 0.25) is 5.02 Å². The standard InChI is InChI=1S/C10H7ClF2N4O/c11-6-1-2-8(14-5-6)16-9(18)7-3-4-15-17(7)10(12)13/h1-5,10H,(H,14,16,18). The van der Waals surface area contributed by atoms with Gasteiger partial charge in [0.25, 0.3) is 5.91 Å². The van der Waals surface area contributed by atoms with Crippen molar-refractivity contribution in [1.29, 1.82) is 0 Å². The molecule has 18 heavy (non-hydrogen) atoms. The topological polar surface area (TPSA) is 59.8 Å². The van der Waals surface area contributed by atoms with E-state index in [-0.39, 0.29) is 11.5 Å². The van der Waals surface area contributed by atoms with Crippen LogP contribution in [0.3, 0.4) is 0 Å². The summed E-state index contributed by atoms with van der Waals surface area (Å²) in [6.07, 6.45) is 2.46. The van der Waals surface area contributed by atoms with Crippen molar-refractivity contribution in [3.63, 3.8) is 0 Å². The van der Waals surface area contributed by atoms with Crippen molar-refractivity contribution >= 4 is 23.3 Å². The Labute approximate surface area is 105 Å². The molecule has 5 nitrogen and oxygen atoms in total. The van der Waals surface area contributed by atoms with Gasteiger partial charge in [-0.15, -0.1) is 0 Å². The quantitative estimate of drug-likeness (QED) is 0.934. The van der Waals surface area contributed by atoms with Crippen molar-refractivity contribution in [2.45, 2.75) is 6.55 Å². The largest absolute Gasteiger partial charge is 0.333 e. The molecule has 2 heterocycles. The van der Waals surface area contributed by atoms with Crippen LogP contribution in [-0.4, -0.2) is 20.7 Å². The summed E-state index contributed by atoms with van der Waals surface area (Å²) in [5.74, 6) is -0.506. The molecule has 0 saturated carbocycles. The summed E-state index contributed by atoms with van der Waals surface area (Å²) >= 11 is 5.63. The monoisotopic (exact) mass is 272 g/mol. The summed E-state index contributed by atoms with van der Waals surface area (Å²) in [4.78, 5) is 15.5. The Bertz CT molecular complexity index is 555. The molecule has 0 aromatic carbocycles. The first-order valence-corrected chi connectivity index (χ1v) is 5.20. The minimum absolute atomic E-state index is 0.214. The van der Waals surface area contributed by atoms with Crippen LogP contribution in [0, 0.1) is 0 Å². The predicted molar refractivity (Wildman–Crippen MR) is 60.7 cm³/mol. The van der Waals surface area contributed by atoms with Gasteiger partial charge in [0.2, 0.25) is 0 Å². The zero-order chi connectivity index (χ0) is 13.1. The normalized spacial score (nSPS) is 10.7. The lowest BCUT2D eigenvalue weighted by Crippen LogP contribution is -2.18. The smallest absolute Gasteiger partial charge is 0.305 e. The fraction of sp³-hybridized carbons (Fsp3) is 0.100. The highest BCUT2D eigenvalue weighted by Crippen LogP contribution is 2.14. The van der Waals surface area contributed by atoms with E-state index in [1.54, 1.807) is 0 Å². The number of rotatable bonds is 3. The van der Waals surface area contributed by atoms with Gasteiger partial charge >= 0.3 is 6.55 Å². The molecule has 8 heteroatoms. The molecule has 94 valence electrons. The van der Waals surface area contributed by atoms with Crippen LogP contribution >= 0.6 is 11.6 Å². The average Bonchev–Trinajstić information content (AvgIpc) is 2.81. The number of aromatic nitrogens is 3. The number of pyridine rings is 1. The Hall–Kier alpha value is -2.02. The van der Waals surface area contributed by atoms with Gasteiger partial charge in [0.05, 0.1) is 5.02 Å². The summed E-state index contributed by atoms with van der Waals surface area (Å²) in [6, 6.07) is 4.18. The lowest BCUT2D eigenvalue weighted by Gasteiger charge is -2.06. The highest BCUT2D eigenvalue weighted by atomic mass is 35.5. The Kier molecular flexibility index (Phi) is 3.52. The van der Waals surface area contributed by atoms with Crippen LogP contribution in [0.1, 0.15) is 17.0 Å². The van der Waals surface area contributed by atoms with Crippen LogP contribution in [0.25, 0.3) is 0 Å². The second-order valence-electron chi connectivity index (χ2n) is 3.25. The van der Waals surface area contributed by atoms with Crippen molar-refractivity contribution in [3.05, 3.63) is 41.3 Å². The van der Waals surface area contributed by atoms with E-state index in [1.165, 1.54) is 24.4 Å². The zero-order valence-electron chi connectivity index (χ0n) is 8.85. The summed E-state index contributed by atoms with van der Waals surface area (Å²) in [5, 5.41) is 6.13.